The van der Waals surface area contributed by atoms with E-state index in [0.29, 0.717) is 26.9 Å². The maximum absolute atomic E-state index is 9.87. The average Bonchev–Trinajstić information content (AvgIpc) is 1.56. The van der Waals surface area contributed by atoms with Crippen molar-refractivity contribution in [1.82, 2.24) is 41.1 Å². The van der Waals surface area contributed by atoms with Crippen LogP contribution in [0, 0.1) is 29.2 Å². The standard InChI is InChI=1S/C44H25N5.C43H26N4.C42H25Cl2N3/c1-46-29-22-28(27-45)23-32(24-29)49-43-20-18-30(47-39-14-6-2-10-33(39)34-11-3-7-15-40(34)47)25-37(43)38-26-31(19-21-44(38)49)48-41-16-8-4-12-35(41)36-13-5-9-17-42(36)48;44-27-28-17-19-29(20-18-28)45-42-23-21-30(46-38-13-5-1-9-32(38)33-10-2-6-14-39(33)46)25-36(42)37-26-31(22-24-43(37)45)47-40-15-7-3-11-34(40)35-12-4-8-16-41(35)47;43-26-21-27(44)23-30(22-26)47-41-19-17-28(45-37-13-5-1-9-31(37)32-10-2-6-14-38(32)45)24-35(41)36-25-29(18-20-42(36)47)46-39-15-7-3-11-33(39)34-12-4-8-16-40(34)46/h2-26H;1-26H;1-25H. The molecule has 9 aromatic heterocycles. The highest BCUT2D eigenvalue weighted by atomic mass is 35.5. The van der Waals surface area contributed by atoms with Gasteiger partial charge in [-0.1, -0.05) is 242 Å². The molecule has 666 valence electrons. The first kappa shape index (κ1) is 82.2. The molecule has 30 aromatic rings. The Hall–Kier alpha value is -19.1. The summed E-state index contributed by atoms with van der Waals surface area (Å²) in [6.07, 6.45) is 0. The van der Waals surface area contributed by atoms with Crippen LogP contribution in [0.2, 0.25) is 10.0 Å². The number of nitrogens with zero attached hydrogens (tertiary/aromatic N) is 12. The SMILES string of the molecule is Clc1cc(Cl)cc(-n2c3ccc(-n4c5ccccc5c5ccccc54)cc3c3cc(-n4c5ccccc5c5ccccc54)ccc32)c1.N#Cc1ccc(-n2c3ccc(-n4c5ccccc5c5ccccc54)cc3c3cc(-n4c5ccccc5c5ccccc54)ccc32)cc1.[C-]#[N+]c1cc(C#N)cc(-n2c3ccc(-n4c5ccccc5c5ccccc54)cc3c3cc(-n4c5ccccc5c5ccccc54)ccc32)c1. The third kappa shape index (κ3) is 12.8. The second-order valence-electron chi connectivity index (χ2n) is 36.7. The molecule has 0 aliphatic heterocycles. The normalized spacial score (nSPS) is 11.8. The number of rotatable bonds is 9. The van der Waals surface area contributed by atoms with Crippen molar-refractivity contribution in [3.8, 4) is 63.3 Å². The van der Waals surface area contributed by atoms with E-state index in [2.05, 4.69) is 458 Å². The van der Waals surface area contributed by atoms with Crippen LogP contribution in [-0.4, -0.2) is 41.1 Å². The Bertz CT molecular complexity index is 9930. The number of hydrogen-bond acceptors (Lipinski definition) is 2. The summed E-state index contributed by atoms with van der Waals surface area (Å²) in [5, 5.41) is 42.2. The Kier molecular flexibility index (Phi) is 18.7. The summed E-state index contributed by atoms with van der Waals surface area (Å²) in [5.41, 5.74) is 31.4. The van der Waals surface area contributed by atoms with Crippen LogP contribution in [0.4, 0.5) is 5.69 Å². The van der Waals surface area contributed by atoms with Gasteiger partial charge in [-0.15, -0.1) is 0 Å². The summed E-state index contributed by atoms with van der Waals surface area (Å²) in [6.45, 7) is 7.74. The van der Waals surface area contributed by atoms with Gasteiger partial charge >= 0.3 is 0 Å². The van der Waals surface area contributed by atoms with E-state index in [4.69, 9.17) is 29.8 Å². The molecule has 21 aromatic carbocycles. The van der Waals surface area contributed by atoms with E-state index in [0.717, 1.165) is 128 Å². The number of benzene rings is 21. The Morgan fingerprint density at radius 3 is 0.538 bits per heavy atom. The van der Waals surface area contributed by atoms with Crippen LogP contribution in [0.5, 0.6) is 0 Å². The van der Waals surface area contributed by atoms with Gasteiger partial charge in [0.05, 0.1) is 124 Å². The Labute approximate surface area is 827 Å². The van der Waals surface area contributed by atoms with Crippen LogP contribution in [0.3, 0.4) is 0 Å². The summed E-state index contributed by atoms with van der Waals surface area (Å²) < 4.78 is 21.0. The smallest absolute Gasteiger partial charge is 0.190 e. The molecule has 0 aliphatic rings. The summed E-state index contributed by atoms with van der Waals surface area (Å²) in [4.78, 5) is 3.70. The van der Waals surface area contributed by atoms with Gasteiger partial charge in [-0.05, 0) is 243 Å². The lowest BCUT2D eigenvalue weighted by atomic mass is 10.1. The fourth-order valence-electron chi connectivity index (χ4n) is 23.1. The van der Waals surface area contributed by atoms with Gasteiger partial charge in [-0.2, -0.15) is 10.5 Å². The minimum absolute atomic E-state index is 0.438. The maximum atomic E-state index is 9.87. The van der Waals surface area contributed by atoms with E-state index < -0.39 is 0 Å². The molecule has 9 heterocycles. The molecular weight excluding hydrogens is 1790 g/mol. The van der Waals surface area contributed by atoms with Crippen LogP contribution < -0.4 is 0 Å². The lowest BCUT2D eigenvalue weighted by Crippen LogP contribution is -1.97. The van der Waals surface area contributed by atoms with Crippen molar-refractivity contribution in [1.29, 1.82) is 10.5 Å². The number of halogens is 2. The molecule has 12 nitrogen and oxygen atoms in total. The largest absolute Gasteiger partial charge is 0.310 e. The van der Waals surface area contributed by atoms with Gasteiger partial charge in [0.1, 0.15) is 0 Å². The van der Waals surface area contributed by atoms with E-state index >= 15 is 0 Å². The number of hydrogen-bond donors (Lipinski definition) is 0. The van der Waals surface area contributed by atoms with Gasteiger partial charge in [-0.25, -0.2) is 4.85 Å². The van der Waals surface area contributed by atoms with E-state index in [1.54, 1.807) is 12.1 Å². The molecule has 0 N–H and O–H groups in total. The zero-order valence-electron chi connectivity index (χ0n) is 76.5. The third-order valence-electron chi connectivity index (χ3n) is 29.0. The van der Waals surface area contributed by atoms with Crippen molar-refractivity contribution in [2.45, 2.75) is 0 Å². The van der Waals surface area contributed by atoms with Gasteiger partial charge in [0.15, 0.2) is 5.69 Å². The molecule has 0 radical (unpaired) electrons. The van der Waals surface area contributed by atoms with Gasteiger partial charge in [0.2, 0.25) is 0 Å². The van der Waals surface area contributed by atoms with E-state index in [1.165, 1.54) is 120 Å². The highest BCUT2D eigenvalue weighted by Crippen LogP contribution is 2.47. The number of aromatic nitrogens is 9. The molecule has 143 heavy (non-hydrogen) atoms. The quantitative estimate of drug-likeness (QED) is 0.135. The van der Waals surface area contributed by atoms with Gasteiger partial charge < -0.3 is 41.1 Å². The number of para-hydroxylation sites is 12. The molecule has 0 fully saturated rings. The van der Waals surface area contributed by atoms with Gasteiger partial charge in [-0.3, -0.25) is 0 Å². The summed E-state index contributed by atoms with van der Waals surface area (Å²) >= 11 is 13.1. The first-order valence-electron chi connectivity index (χ1n) is 47.7. The highest BCUT2D eigenvalue weighted by Gasteiger charge is 2.26. The molecule has 0 saturated heterocycles. The van der Waals surface area contributed by atoms with Crippen molar-refractivity contribution >= 4 is 225 Å². The van der Waals surface area contributed by atoms with Crippen molar-refractivity contribution in [2.75, 3.05) is 0 Å². The molecule has 0 bridgehead atoms. The van der Waals surface area contributed by atoms with Crippen molar-refractivity contribution in [2.24, 2.45) is 0 Å². The van der Waals surface area contributed by atoms with Crippen LogP contribution in [0.1, 0.15) is 11.1 Å². The molecule has 0 saturated carbocycles. The molecule has 30 rings (SSSR count). The van der Waals surface area contributed by atoms with E-state index in [1.807, 2.05) is 48.5 Å². The zero-order chi connectivity index (χ0) is 94.9. The van der Waals surface area contributed by atoms with Crippen LogP contribution >= 0.6 is 23.2 Å². The number of fused-ring (bicyclic) bond motifs is 27. The monoisotopic (exact) mass is 1860 g/mol. The molecule has 14 heteroatoms. The molecule has 0 spiro atoms. The second-order valence-corrected chi connectivity index (χ2v) is 37.6. The van der Waals surface area contributed by atoms with Crippen molar-refractivity contribution in [3.05, 3.63) is 494 Å². The molecule has 0 aliphatic carbocycles. The fraction of sp³-hybridized carbons (Fsp3) is 0. The lowest BCUT2D eigenvalue weighted by molar-refractivity contribution is 1.16. The minimum Gasteiger partial charge on any atom is -0.310 e. The summed E-state index contributed by atoms with van der Waals surface area (Å²) in [6, 6.07) is 167. The van der Waals surface area contributed by atoms with E-state index in [-0.39, 0.29) is 0 Å². The van der Waals surface area contributed by atoms with Crippen LogP contribution in [-0.2, 0) is 0 Å². The first-order valence-corrected chi connectivity index (χ1v) is 48.5. The minimum atomic E-state index is 0.438. The average molecular weight is 1870 g/mol. The second kappa shape index (κ2) is 32.5. The molecule has 0 amide bonds. The lowest BCUT2D eigenvalue weighted by Gasteiger charge is -2.11. The van der Waals surface area contributed by atoms with Crippen LogP contribution in [0.25, 0.3) is 252 Å². The highest BCUT2D eigenvalue weighted by molar-refractivity contribution is 6.35. The summed E-state index contributed by atoms with van der Waals surface area (Å²) in [7, 11) is 0. The van der Waals surface area contributed by atoms with Gasteiger partial charge in [0.25, 0.3) is 0 Å². The van der Waals surface area contributed by atoms with Crippen molar-refractivity contribution < 1.29 is 0 Å². The maximum Gasteiger partial charge on any atom is 0.190 e. The Morgan fingerprint density at radius 1 is 0.161 bits per heavy atom. The zero-order valence-corrected chi connectivity index (χ0v) is 78.0. The number of nitriles is 2. The fourth-order valence-corrected chi connectivity index (χ4v) is 23.6. The predicted octanol–water partition coefficient (Wildman–Crippen LogP) is 34.5. The van der Waals surface area contributed by atoms with E-state index in [9.17, 15) is 10.5 Å². The van der Waals surface area contributed by atoms with Gasteiger partial charge in [0, 0.05) is 164 Å². The third-order valence-corrected chi connectivity index (χ3v) is 29.4. The molecule has 0 atom stereocenters. The van der Waals surface area contributed by atoms with Crippen molar-refractivity contribution in [3.63, 3.8) is 0 Å². The molecule has 0 unspecified atom stereocenters. The van der Waals surface area contributed by atoms with Crippen LogP contribution in [0.15, 0.2) is 461 Å². The predicted molar refractivity (Wildman–Crippen MR) is 594 cm³/mol. The Balaban J connectivity index is 0.000000105. The summed E-state index contributed by atoms with van der Waals surface area (Å²) in [5.74, 6) is 0. The topological polar surface area (TPSA) is 96.3 Å². The molecular formula is C129H76Cl2N12. The first-order chi connectivity index (χ1) is 70.6. The Morgan fingerprint density at radius 2 is 0.336 bits per heavy atom.